The zero-order chi connectivity index (χ0) is 21.8. The minimum Gasteiger partial charge on any atom is -0.301 e. The summed E-state index contributed by atoms with van der Waals surface area (Å²) in [6, 6.07) is 0. The summed E-state index contributed by atoms with van der Waals surface area (Å²) >= 11 is -5.30. The molecule has 0 aromatic heterocycles. The number of halogens is 12. The van der Waals surface area contributed by atoms with E-state index in [9.17, 15) is 65.3 Å². The van der Waals surface area contributed by atoms with Gasteiger partial charge >= 0.3 is 44.7 Å². The first kappa shape index (κ1) is 25.1. The van der Waals surface area contributed by atoms with Crippen molar-refractivity contribution in [3.63, 3.8) is 0 Å². The largest absolute Gasteiger partial charge is 0.460 e. The van der Waals surface area contributed by atoms with Gasteiger partial charge in [-0.15, -0.1) is 0 Å². The number of hydrogen-bond donors (Lipinski definition) is 2. The Hall–Kier alpha value is -0.860. The van der Waals surface area contributed by atoms with Gasteiger partial charge in [0.15, 0.2) is 0 Å². The van der Waals surface area contributed by atoms with Crippen LogP contribution in [0.3, 0.4) is 0 Å². The molecular weight excluding hydrogens is 460 g/mol. The molecule has 0 aliphatic carbocycles. The van der Waals surface area contributed by atoms with Gasteiger partial charge in [-0.05, 0) is 0 Å². The Balaban J connectivity index is 6.22. The highest BCUT2D eigenvalue weighted by molar-refractivity contribution is 7.87. The second-order valence-electron chi connectivity index (χ2n) is 4.04. The first-order chi connectivity index (χ1) is 10.9. The summed E-state index contributed by atoms with van der Waals surface area (Å²) in [5, 5.41) is -14.1. The zero-order valence-corrected chi connectivity index (χ0v) is 12.5. The Morgan fingerprint density at radius 1 is 0.731 bits per heavy atom. The van der Waals surface area contributed by atoms with Crippen LogP contribution in [0.5, 0.6) is 0 Å². The summed E-state index contributed by atoms with van der Waals surface area (Å²) in [6.45, 7) is 0. The lowest BCUT2D eigenvalue weighted by atomic mass is 10.1. The molecule has 6 nitrogen and oxygen atoms in total. The Morgan fingerprint density at radius 2 is 1.08 bits per heavy atom. The van der Waals surface area contributed by atoms with Crippen molar-refractivity contribution >= 4 is 21.2 Å². The highest BCUT2D eigenvalue weighted by Gasteiger charge is 2.86. The van der Waals surface area contributed by atoms with Crippen LogP contribution < -0.4 is 0 Å². The molecule has 0 spiro atoms. The van der Waals surface area contributed by atoms with Gasteiger partial charge in [-0.1, -0.05) is 0 Å². The number of alkyl halides is 12. The maximum atomic E-state index is 12.9. The van der Waals surface area contributed by atoms with Crippen molar-refractivity contribution in [2.75, 3.05) is 0 Å². The van der Waals surface area contributed by atoms with Gasteiger partial charge in [0.2, 0.25) is 11.1 Å². The molecule has 2 N–H and O–H groups in total. The molecule has 0 aromatic rings. The maximum Gasteiger partial charge on any atom is 0.460 e. The SMILES string of the molecule is O=S(O)C(F)(F)C(F)(F)C(F)(F)C(F)(F)OC(F)(F)C(F)(F)S(=O)(=O)O. The van der Waals surface area contributed by atoms with E-state index in [0.29, 0.717) is 0 Å². The molecule has 0 aliphatic rings. The molecule has 0 saturated carbocycles. The molecule has 0 fully saturated rings. The van der Waals surface area contributed by atoms with E-state index in [4.69, 9.17) is 9.11 Å². The number of rotatable bonds is 8. The summed E-state index contributed by atoms with van der Waals surface area (Å²) < 4.78 is 199. The van der Waals surface area contributed by atoms with E-state index in [-0.39, 0.29) is 0 Å². The van der Waals surface area contributed by atoms with Crippen LogP contribution >= 0.6 is 0 Å². The minimum atomic E-state index is -7.87. The molecular formula is C6H2F12O6S2. The monoisotopic (exact) mass is 462 g/mol. The highest BCUT2D eigenvalue weighted by atomic mass is 32.2. The number of ether oxygens (including phenoxy) is 1. The Morgan fingerprint density at radius 3 is 1.35 bits per heavy atom. The highest BCUT2D eigenvalue weighted by Crippen LogP contribution is 2.56. The molecule has 0 aromatic carbocycles. The van der Waals surface area contributed by atoms with E-state index >= 15 is 0 Å². The van der Waals surface area contributed by atoms with Crippen molar-refractivity contribution in [2.24, 2.45) is 0 Å². The van der Waals surface area contributed by atoms with Gasteiger partial charge in [-0.2, -0.15) is 61.1 Å². The summed E-state index contributed by atoms with van der Waals surface area (Å²) in [5.74, 6) is -15.5. The van der Waals surface area contributed by atoms with Gasteiger partial charge in [0.05, 0.1) is 0 Å². The molecule has 0 aliphatic heterocycles. The fourth-order valence-corrected chi connectivity index (χ4v) is 1.60. The van der Waals surface area contributed by atoms with Crippen LogP contribution in [0.15, 0.2) is 0 Å². The molecule has 0 rings (SSSR count). The third-order valence-electron chi connectivity index (χ3n) is 2.26. The van der Waals surface area contributed by atoms with Gasteiger partial charge in [-0.25, -0.2) is 8.95 Å². The van der Waals surface area contributed by atoms with Crippen LogP contribution in [0.2, 0.25) is 0 Å². The van der Waals surface area contributed by atoms with E-state index in [1.165, 1.54) is 4.74 Å². The lowest BCUT2D eigenvalue weighted by Gasteiger charge is -2.36. The van der Waals surface area contributed by atoms with E-state index in [2.05, 4.69) is 0 Å². The molecule has 0 amide bonds. The minimum absolute atomic E-state index is 1.34. The standard InChI is InChI=1S/C6H2F12O6S2/c7-1(8,2(9,10)5(15,16)25(19)20)3(11,12)24-4(13,14)6(17,18)26(21,22)23/h(H,19,20)(H,21,22,23). The van der Waals surface area contributed by atoms with Crippen LogP contribution in [0.1, 0.15) is 0 Å². The summed E-state index contributed by atoms with van der Waals surface area (Å²) in [5.41, 5.74) is 0. The molecule has 0 heterocycles. The third kappa shape index (κ3) is 3.60. The normalized spacial score (nSPS) is 17.3. The fraction of sp³-hybridized carbons (Fsp3) is 1.00. The lowest BCUT2D eigenvalue weighted by Crippen LogP contribution is -2.66. The summed E-state index contributed by atoms with van der Waals surface area (Å²) in [6.07, 6.45) is -15.0. The van der Waals surface area contributed by atoms with Gasteiger partial charge in [-0.3, -0.25) is 4.55 Å². The van der Waals surface area contributed by atoms with E-state index < -0.39 is 55.8 Å². The first-order valence-corrected chi connectivity index (χ1v) is 7.50. The summed E-state index contributed by atoms with van der Waals surface area (Å²) in [4.78, 5) is 0. The van der Waals surface area contributed by atoms with Crippen molar-refractivity contribution in [1.29, 1.82) is 0 Å². The topological polar surface area (TPSA) is 101 Å². The molecule has 0 saturated heterocycles. The smallest absolute Gasteiger partial charge is 0.301 e. The van der Waals surface area contributed by atoms with Crippen molar-refractivity contribution in [2.45, 2.75) is 34.6 Å². The van der Waals surface area contributed by atoms with E-state index in [0.717, 1.165) is 0 Å². The third-order valence-corrected chi connectivity index (χ3v) is 3.84. The molecule has 0 bridgehead atoms. The lowest BCUT2D eigenvalue weighted by molar-refractivity contribution is -0.484. The van der Waals surface area contributed by atoms with Crippen LogP contribution in [0.25, 0.3) is 0 Å². The molecule has 20 heteroatoms. The zero-order valence-electron chi connectivity index (χ0n) is 10.9. The Kier molecular flexibility index (Phi) is 6.13. The van der Waals surface area contributed by atoms with Crippen molar-refractivity contribution in [3.05, 3.63) is 0 Å². The second kappa shape index (κ2) is 6.34. The molecule has 158 valence electrons. The Labute approximate surface area is 136 Å². The molecule has 1 unspecified atom stereocenters. The average molecular weight is 462 g/mol. The van der Waals surface area contributed by atoms with E-state index in [1.54, 1.807) is 0 Å². The molecule has 26 heavy (non-hydrogen) atoms. The molecule has 1 atom stereocenters. The predicted octanol–water partition coefficient (Wildman–Crippen LogP) is 2.75. The van der Waals surface area contributed by atoms with Gasteiger partial charge in [0.1, 0.15) is 0 Å². The van der Waals surface area contributed by atoms with Gasteiger partial charge < -0.3 is 4.55 Å². The van der Waals surface area contributed by atoms with Crippen molar-refractivity contribution in [1.82, 2.24) is 0 Å². The number of hydrogen-bond acceptors (Lipinski definition) is 4. The maximum absolute atomic E-state index is 12.9. The van der Waals surface area contributed by atoms with Crippen molar-refractivity contribution < 1.29 is 79.2 Å². The summed E-state index contributed by atoms with van der Waals surface area (Å²) in [7, 11) is -7.37. The Bertz CT molecular complexity index is 672. The van der Waals surface area contributed by atoms with E-state index in [1.807, 2.05) is 0 Å². The van der Waals surface area contributed by atoms with Crippen molar-refractivity contribution in [3.8, 4) is 0 Å². The fourth-order valence-electron chi connectivity index (χ4n) is 0.910. The van der Waals surface area contributed by atoms with Crippen LogP contribution in [-0.2, 0) is 25.9 Å². The molecule has 0 radical (unpaired) electrons. The van der Waals surface area contributed by atoms with Crippen LogP contribution in [0, 0.1) is 0 Å². The predicted molar refractivity (Wildman–Crippen MR) is 53.1 cm³/mol. The quantitative estimate of drug-likeness (QED) is 0.327. The van der Waals surface area contributed by atoms with Gasteiger partial charge in [0, 0.05) is 0 Å². The first-order valence-electron chi connectivity index (χ1n) is 4.95. The second-order valence-corrected chi connectivity index (χ2v) is 6.52. The van der Waals surface area contributed by atoms with Crippen LogP contribution in [-0.4, -0.2) is 56.3 Å². The average Bonchev–Trinajstić information content (AvgIpc) is 2.34. The van der Waals surface area contributed by atoms with Gasteiger partial charge in [0.25, 0.3) is 0 Å². The van der Waals surface area contributed by atoms with Crippen LogP contribution in [0.4, 0.5) is 52.7 Å².